The summed E-state index contributed by atoms with van der Waals surface area (Å²) in [5.74, 6) is 0.942. The molecular formula is C16H25BrN2O. The van der Waals surface area contributed by atoms with E-state index in [-0.39, 0.29) is 0 Å². The molecule has 0 spiro atoms. The summed E-state index contributed by atoms with van der Waals surface area (Å²) < 4.78 is 6.87. The summed E-state index contributed by atoms with van der Waals surface area (Å²) in [5.41, 5.74) is 0. The highest BCUT2D eigenvalue weighted by molar-refractivity contribution is 9.10. The van der Waals surface area contributed by atoms with Gasteiger partial charge in [-0.1, -0.05) is 28.9 Å². The average Bonchev–Trinajstić information content (AvgIpc) is 2.47. The maximum Gasteiger partial charge on any atom is 0.120 e. The number of nitrogens with zero attached hydrogens (tertiary/aromatic N) is 2. The van der Waals surface area contributed by atoms with Crippen molar-refractivity contribution in [3.8, 4) is 5.75 Å². The Hall–Kier alpha value is -0.580. The van der Waals surface area contributed by atoms with Crippen LogP contribution in [-0.2, 0) is 0 Å². The van der Waals surface area contributed by atoms with E-state index in [0.29, 0.717) is 0 Å². The second-order valence-corrected chi connectivity index (χ2v) is 6.36. The Bertz CT molecular complexity index is 405. The molecule has 0 aromatic heterocycles. The summed E-state index contributed by atoms with van der Waals surface area (Å²) >= 11 is 3.46. The van der Waals surface area contributed by atoms with Crippen LogP contribution < -0.4 is 4.74 Å². The third-order valence-corrected chi connectivity index (χ3v) is 4.59. The normalized spacial score (nSPS) is 18.9. The quantitative estimate of drug-likeness (QED) is 0.790. The molecule has 1 aromatic rings. The van der Waals surface area contributed by atoms with E-state index >= 15 is 0 Å². The van der Waals surface area contributed by atoms with Crippen LogP contribution in [-0.4, -0.2) is 55.2 Å². The smallest absolute Gasteiger partial charge is 0.120 e. The Labute approximate surface area is 131 Å². The molecule has 0 N–H and O–H groups in total. The van der Waals surface area contributed by atoms with Crippen molar-refractivity contribution in [1.29, 1.82) is 0 Å². The number of hydrogen-bond donors (Lipinski definition) is 0. The van der Waals surface area contributed by atoms with E-state index in [2.05, 4.69) is 39.6 Å². The van der Waals surface area contributed by atoms with Gasteiger partial charge in [0.05, 0.1) is 0 Å². The van der Waals surface area contributed by atoms with Crippen LogP contribution in [0.15, 0.2) is 28.7 Å². The first kappa shape index (κ1) is 15.8. The Kier molecular flexibility index (Phi) is 6.33. The standard InChI is InChI=1S/C16H25BrN2O/c1-3-14(2)19-9-7-18(8-10-19)11-12-20-16-6-4-5-15(17)13-16/h4-6,13-14H,3,7-12H2,1-2H3. The van der Waals surface area contributed by atoms with Gasteiger partial charge in [-0.3, -0.25) is 9.80 Å². The maximum absolute atomic E-state index is 5.80. The Balaban J connectivity index is 1.66. The van der Waals surface area contributed by atoms with Crippen LogP contribution >= 0.6 is 15.9 Å². The zero-order valence-corrected chi connectivity index (χ0v) is 14.1. The monoisotopic (exact) mass is 340 g/mol. The summed E-state index contributed by atoms with van der Waals surface area (Å²) in [4.78, 5) is 5.09. The van der Waals surface area contributed by atoms with Gasteiger partial charge in [-0.25, -0.2) is 0 Å². The van der Waals surface area contributed by atoms with Gasteiger partial charge >= 0.3 is 0 Å². The molecule has 0 bridgehead atoms. The SMILES string of the molecule is CCC(C)N1CCN(CCOc2cccc(Br)c2)CC1. The molecular weight excluding hydrogens is 316 g/mol. The molecule has 1 aliphatic rings. The highest BCUT2D eigenvalue weighted by Gasteiger charge is 2.19. The predicted molar refractivity (Wildman–Crippen MR) is 87.4 cm³/mol. The van der Waals surface area contributed by atoms with Crippen LogP contribution in [0.4, 0.5) is 0 Å². The lowest BCUT2D eigenvalue weighted by Crippen LogP contribution is -2.50. The predicted octanol–water partition coefficient (Wildman–Crippen LogP) is 3.24. The Morgan fingerprint density at radius 2 is 2.00 bits per heavy atom. The third-order valence-electron chi connectivity index (χ3n) is 4.09. The molecule has 20 heavy (non-hydrogen) atoms. The molecule has 0 saturated carbocycles. The molecule has 1 atom stereocenters. The first-order valence-corrected chi connectivity index (χ1v) is 8.33. The molecule has 4 heteroatoms. The van der Waals surface area contributed by atoms with Crippen LogP contribution in [0, 0.1) is 0 Å². The molecule has 0 amide bonds. The van der Waals surface area contributed by atoms with Crippen molar-refractivity contribution in [3.05, 3.63) is 28.7 Å². The fourth-order valence-electron chi connectivity index (χ4n) is 2.54. The van der Waals surface area contributed by atoms with Gasteiger partial charge in [-0.2, -0.15) is 0 Å². The largest absolute Gasteiger partial charge is 0.492 e. The summed E-state index contributed by atoms with van der Waals surface area (Å²) in [6.45, 7) is 11.1. The molecule has 1 fully saturated rings. The van der Waals surface area contributed by atoms with E-state index in [1.807, 2.05) is 24.3 Å². The summed E-state index contributed by atoms with van der Waals surface area (Å²) in [6.07, 6.45) is 1.24. The summed E-state index contributed by atoms with van der Waals surface area (Å²) in [7, 11) is 0. The maximum atomic E-state index is 5.80. The summed E-state index contributed by atoms with van der Waals surface area (Å²) in [5, 5.41) is 0. The number of ether oxygens (including phenoxy) is 1. The van der Waals surface area contributed by atoms with Gasteiger partial charge in [0.1, 0.15) is 12.4 Å². The number of halogens is 1. The molecule has 1 unspecified atom stereocenters. The van der Waals surface area contributed by atoms with Gasteiger partial charge < -0.3 is 4.74 Å². The van der Waals surface area contributed by atoms with Gasteiger partial charge in [0.15, 0.2) is 0 Å². The van der Waals surface area contributed by atoms with E-state index in [0.717, 1.165) is 42.5 Å². The molecule has 3 nitrogen and oxygen atoms in total. The average molecular weight is 341 g/mol. The van der Waals surface area contributed by atoms with Crippen molar-refractivity contribution < 1.29 is 4.74 Å². The van der Waals surface area contributed by atoms with Crippen LogP contribution in [0.2, 0.25) is 0 Å². The zero-order valence-electron chi connectivity index (χ0n) is 12.5. The Morgan fingerprint density at radius 1 is 1.25 bits per heavy atom. The van der Waals surface area contributed by atoms with Gasteiger partial charge in [-0.05, 0) is 31.5 Å². The van der Waals surface area contributed by atoms with Gasteiger partial charge in [0.25, 0.3) is 0 Å². The fraction of sp³-hybridized carbons (Fsp3) is 0.625. The number of hydrogen-bond acceptors (Lipinski definition) is 3. The van der Waals surface area contributed by atoms with E-state index in [9.17, 15) is 0 Å². The number of benzene rings is 1. The molecule has 1 heterocycles. The minimum absolute atomic E-state index is 0.718. The van der Waals surface area contributed by atoms with Crippen molar-refractivity contribution in [3.63, 3.8) is 0 Å². The van der Waals surface area contributed by atoms with Crippen molar-refractivity contribution >= 4 is 15.9 Å². The van der Waals surface area contributed by atoms with Gasteiger partial charge in [-0.15, -0.1) is 0 Å². The van der Waals surface area contributed by atoms with Gasteiger partial charge in [0.2, 0.25) is 0 Å². The molecule has 1 aliphatic heterocycles. The van der Waals surface area contributed by atoms with E-state index in [1.54, 1.807) is 0 Å². The second kappa shape index (κ2) is 8.01. The molecule has 1 aromatic carbocycles. The minimum Gasteiger partial charge on any atom is -0.492 e. The second-order valence-electron chi connectivity index (χ2n) is 5.44. The van der Waals surface area contributed by atoms with Crippen molar-refractivity contribution in [2.45, 2.75) is 26.3 Å². The third kappa shape index (κ3) is 4.76. The van der Waals surface area contributed by atoms with E-state index in [1.165, 1.54) is 19.5 Å². The van der Waals surface area contributed by atoms with Crippen molar-refractivity contribution in [1.82, 2.24) is 9.80 Å². The molecule has 0 radical (unpaired) electrons. The first-order valence-electron chi connectivity index (χ1n) is 7.54. The molecule has 1 saturated heterocycles. The highest BCUT2D eigenvalue weighted by Crippen LogP contribution is 2.17. The minimum atomic E-state index is 0.718. The molecule has 0 aliphatic carbocycles. The first-order chi connectivity index (χ1) is 9.69. The zero-order chi connectivity index (χ0) is 14.4. The summed E-state index contributed by atoms with van der Waals surface area (Å²) in [6, 6.07) is 8.76. The Morgan fingerprint density at radius 3 is 2.65 bits per heavy atom. The van der Waals surface area contributed by atoms with E-state index in [4.69, 9.17) is 4.74 Å². The highest BCUT2D eigenvalue weighted by atomic mass is 79.9. The molecule has 112 valence electrons. The van der Waals surface area contributed by atoms with E-state index < -0.39 is 0 Å². The lowest BCUT2D eigenvalue weighted by molar-refractivity contribution is 0.0905. The van der Waals surface area contributed by atoms with Crippen LogP contribution in [0.3, 0.4) is 0 Å². The van der Waals surface area contributed by atoms with Crippen LogP contribution in [0.25, 0.3) is 0 Å². The van der Waals surface area contributed by atoms with Crippen molar-refractivity contribution in [2.75, 3.05) is 39.3 Å². The van der Waals surface area contributed by atoms with Crippen molar-refractivity contribution in [2.24, 2.45) is 0 Å². The number of rotatable bonds is 6. The van der Waals surface area contributed by atoms with Crippen LogP contribution in [0.1, 0.15) is 20.3 Å². The fourth-order valence-corrected chi connectivity index (χ4v) is 2.91. The topological polar surface area (TPSA) is 15.7 Å². The van der Waals surface area contributed by atoms with Crippen LogP contribution in [0.5, 0.6) is 5.75 Å². The van der Waals surface area contributed by atoms with Gasteiger partial charge in [0, 0.05) is 43.2 Å². The lowest BCUT2D eigenvalue weighted by Gasteiger charge is -2.37. The lowest BCUT2D eigenvalue weighted by atomic mass is 10.2. The number of piperazine rings is 1. The molecule has 2 rings (SSSR count).